The Labute approximate surface area is 104 Å². The van der Waals surface area contributed by atoms with E-state index in [-0.39, 0.29) is 11.3 Å². The van der Waals surface area contributed by atoms with Crippen LogP contribution in [0.4, 0.5) is 0 Å². The number of nitrogens with zero attached hydrogens (tertiary/aromatic N) is 2. The third kappa shape index (κ3) is 5.18. The summed E-state index contributed by atoms with van der Waals surface area (Å²) in [6.07, 6.45) is 3.69. The lowest BCUT2D eigenvalue weighted by atomic mass is 9.91. The minimum absolute atomic E-state index is 0.259. The second-order valence-electron chi connectivity index (χ2n) is 5.33. The van der Waals surface area contributed by atoms with E-state index >= 15 is 0 Å². The molecule has 1 aliphatic heterocycles. The van der Waals surface area contributed by atoms with Crippen LogP contribution in [0.3, 0.4) is 0 Å². The summed E-state index contributed by atoms with van der Waals surface area (Å²) >= 11 is 0. The van der Waals surface area contributed by atoms with Gasteiger partial charge in [0, 0.05) is 26.1 Å². The lowest BCUT2D eigenvalue weighted by molar-refractivity contribution is -0.130. The highest BCUT2D eigenvalue weighted by molar-refractivity contribution is 5.76. The number of hydrogen-bond donors (Lipinski definition) is 1. The van der Waals surface area contributed by atoms with E-state index in [1.807, 2.05) is 18.7 Å². The van der Waals surface area contributed by atoms with Gasteiger partial charge >= 0.3 is 0 Å². The minimum atomic E-state index is -0.272. The average molecular weight is 237 g/mol. The molecule has 1 rings (SSSR count). The van der Waals surface area contributed by atoms with E-state index in [1.54, 1.807) is 0 Å². The maximum absolute atomic E-state index is 11.7. The van der Waals surface area contributed by atoms with Crippen molar-refractivity contribution in [3.63, 3.8) is 0 Å². The molecule has 1 fully saturated rings. The number of amides is 1. The summed E-state index contributed by atoms with van der Waals surface area (Å²) in [5, 5.41) is 12.1. The highest BCUT2D eigenvalue weighted by Crippen LogP contribution is 2.17. The van der Waals surface area contributed by atoms with E-state index in [9.17, 15) is 4.79 Å². The van der Waals surface area contributed by atoms with Gasteiger partial charge in [-0.2, -0.15) is 5.26 Å². The molecule has 1 heterocycles. The summed E-state index contributed by atoms with van der Waals surface area (Å²) in [6.45, 7) is 7.25. The molecule has 1 amide bonds. The van der Waals surface area contributed by atoms with Crippen LogP contribution in [0.15, 0.2) is 0 Å². The summed E-state index contributed by atoms with van der Waals surface area (Å²) < 4.78 is 0. The third-order valence-corrected chi connectivity index (χ3v) is 3.20. The molecular formula is C13H23N3O. The second-order valence-corrected chi connectivity index (χ2v) is 5.33. The Bertz CT molecular complexity index is 288. The Morgan fingerprint density at radius 3 is 2.59 bits per heavy atom. The Hall–Kier alpha value is -1.08. The van der Waals surface area contributed by atoms with Crippen molar-refractivity contribution in [3.8, 4) is 6.07 Å². The zero-order chi connectivity index (χ0) is 12.7. The topological polar surface area (TPSA) is 56.1 Å². The molecular weight excluding hydrogens is 214 g/mol. The predicted molar refractivity (Wildman–Crippen MR) is 67.3 cm³/mol. The fourth-order valence-electron chi connectivity index (χ4n) is 1.90. The first kappa shape index (κ1) is 14.0. The highest BCUT2D eigenvalue weighted by atomic mass is 16.2. The number of rotatable bonds is 6. The number of nitriles is 1. The van der Waals surface area contributed by atoms with E-state index in [0.29, 0.717) is 6.42 Å². The molecule has 0 saturated carbocycles. The molecule has 0 aliphatic carbocycles. The molecule has 0 radical (unpaired) electrons. The van der Waals surface area contributed by atoms with E-state index in [2.05, 4.69) is 11.4 Å². The molecule has 0 aromatic rings. The van der Waals surface area contributed by atoms with Gasteiger partial charge in [0.25, 0.3) is 0 Å². The van der Waals surface area contributed by atoms with Crippen molar-refractivity contribution in [3.05, 3.63) is 0 Å². The van der Waals surface area contributed by atoms with Crippen LogP contribution in [0.1, 0.15) is 39.5 Å². The smallest absolute Gasteiger partial charge is 0.223 e. The van der Waals surface area contributed by atoms with Crippen LogP contribution in [-0.4, -0.2) is 37.0 Å². The van der Waals surface area contributed by atoms with Crippen molar-refractivity contribution >= 4 is 5.91 Å². The fourth-order valence-corrected chi connectivity index (χ4v) is 1.90. The van der Waals surface area contributed by atoms with Crippen LogP contribution in [-0.2, 0) is 4.79 Å². The summed E-state index contributed by atoms with van der Waals surface area (Å²) in [5.74, 6) is 0.259. The number of likely N-dealkylation sites (tertiary alicyclic amines) is 1. The van der Waals surface area contributed by atoms with Gasteiger partial charge in [-0.05, 0) is 39.7 Å². The van der Waals surface area contributed by atoms with Gasteiger partial charge in [0.2, 0.25) is 5.91 Å². The Morgan fingerprint density at radius 1 is 1.35 bits per heavy atom. The fraction of sp³-hybridized carbons (Fsp3) is 0.846. The van der Waals surface area contributed by atoms with E-state index in [4.69, 9.17) is 5.26 Å². The largest absolute Gasteiger partial charge is 0.343 e. The molecule has 4 nitrogen and oxygen atoms in total. The number of nitrogens with one attached hydrogen (secondary N) is 1. The predicted octanol–water partition coefficient (Wildman–Crippen LogP) is 1.53. The van der Waals surface area contributed by atoms with Crippen LogP contribution in [0.2, 0.25) is 0 Å². The van der Waals surface area contributed by atoms with Crippen LogP contribution in [0, 0.1) is 16.7 Å². The minimum Gasteiger partial charge on any atom is -0.343 e. The molecule has 17 heavy (non-hydrogen) atoms. The van der Waals surface area contributed by atoms with Gasteiger partial charge in [-0.3, -0.25) is 4.79 Å². The van der Waals surface area contributed by atoms with Crippen LogP contribution in [0.25, 0.3) is 0 Å². The standard InChI is InChI=1S/C13H23N3O/c1-13(2,11-14)6-8-15-7-5-12(17)16-9-3-4-10-16/h15H,3-10H2,1-2H3. The molecule has 1 saturated heterocycles. The molecule has 96 valence electrons. The van der Waals surface area contributed by atoms with Gasteiger partial charge in [-0.25, -0.2) is 0 Å². The lowest BCUT2D eigenvalue weighted by Crippen LogP contribution is -2.31. The molecule has 1 N–H and O–H groups in total. The van der Waals surface area contributed by atoms with Gasteiger partial charge in [0.05, 0.1) is 11.5 Å². The Kier molecular flexibility index (Phi) is 5.43. The van der Waals surface area contributed by atoms with E-state index in [0.717, 1.165) is 45.4 Å². The first-order valence-corrected chi connectivity index (χ1v) is 6.45. The van der Waals surface area contributed by atoms with Gasteiger partial charge in [0.1, 0.15) is 0 Å². The zero-order valence-electron chi connectivity index (χ0n) is 11.0. The average Bonchev–Trinajstić information content (AvgIpc) is 2.82. The van der Waals surface area contributed by atoms with Gasteiger partial charge in [-0.15, -0.1) is 0 Å². The number of hydrogen-bond acceptors (Lipinski definition) is 3. The maximum atomic E-state index is 11.7. The van der Waals surface area contributed by atoms with Crippen LogP contribution in [0.5, 0.6) is 0 Å². The summed E-state index contributed by atoms with van der Waals surface area (Å²) in [7, 11) is 0. The van der Waals surface area contributed by atoms with Crippen molar-refractivity contribution in [1.29, 1.82) is 5.26 Å². The Balaban J connectivity index is 2.04. The second kappa shape index (κ2) is 6.61. The van der Waals surface area contributed by atoms with Crippen molar-refractivity contribution in [2.75, 3.05) is 26.2 Å². The summed E-state index contributed by atoms with van der Waals surface area (Å²) in [5.41, 5.74) is -0.272. The first-order chi connectivity index (χ1) is 8.05. The number of carbonyl (C=O) groups is 1. The van der Waals surface area contributed by atoms with Crippen molar-refractivity contribution in [1.82, 2.24) is 10.2 Å². The molecule has 0 spiro atoms. The Morgan fingerprint density at radius 2 is 2.00 bits per heavy atom. The summed E-state index contributed by atoms with van der Waals surface area (Å²) in [6, 6.07) is 2.27. The molecule has 0 bridgehead atoms. The van der Waals surface area contributed by atoms with Crippen LogP contribution >= 0.6 is 0 Å². The monoisotopic (exact) mass is 237 g/mol. The van der Waals surface area contributed by atoms with Crippen LogP contribution < -0.4 is 5.32 Å². The normalized spacial score (nSPS) is 15.9. The van der Waals surface area contributed by atoms with E-state index in [1.165, 1.54) is 0 Å². The quantitative estimate of drug-likeness (QED) is 0.713. The van der Waals surface area contributed by atoms with Gasteiger partial charge < -0.3 is 10.2 Å². The zero-order valence-corrected chi connectivity index (χ0v) is 11.0. The van der Waals surface area contributed by atoms with E-state index < -0.39 is 0 Å². The third-order valence-electron chi connectivity index (χ3n) is 3.20. The first-order valence-electron chi connectivity index (χ1n) is 6.45. The molecule has 4 heteroatoms. The molecule has 1 aliphatic rings. The van der Waals surface area contributed by atoms with Crippen molar-refractivity contribution < 1.29 is 4.79 Å². The number of carbonyl (C=O) groups excluding carboxylic acids is 1. The molecule has 0 atom stereocenters. The lowest BCUT2D eigenvalue weighted by Gasteiger charge is -2.17. The van der Waals surface area contributed by atoms with Crippen molar-refractivity contribution in [2.45, 2.75) is 39.5 Å². The molecule has 0 unspecified atom stereocenters. The van der Waals surface area contributed by atoms with Gasteiger partial charge in [-0.1, -0.05) is 0 Å². The van der Waals surface area contributed by atoms with Crippen molar-refractivity contribution in [2.24, 2.45) is 5.41 Å². The summed E-state index contributed by atoms with van der Waals surface area (Å²) in [4.78, 5) is 13.6. The SMILES string of the molecule is CC(C)(C#N)CCNCCC(=O)N1CCCC1. The highest BCUT2D eigenvalue weighted by Gasteiger charge is 2.18. The maximum Gasteiger partial charge on any atom is 0.223 e. The van der Waals surface area contributed by atoms with Gasteiger partial charge in [0.15, 0.2) is 0 Å². The molecule has 0 aromatic heterocycles. The molecule has 0 aromatic carbocycles.